The summed E-state index contributed by atoms with van der Waals surface area (Å²) in [6, 6.07) is 9.08. The van der Waals surface area contributed by atoms with Gasteiger partial charge in [0, 0.05) is 22.8 Å². The fourth-order valence-electron chi connectivity index (χ4n) is 1.67. The van der Waals surface area contributed by atoms with Crippen molar-refractivity contribution in [3.8, 4) is 5.75 Å². The summed E-state index contributed by atoms with van der Waals surface area (Å²) in [5.74, 6) is -2.37. The Morgan fingerprint density at radius 3 is 2.48 bits per heavy atom. The predicted molar refractivity (Wildman–Crippen MR) is 83.5 cm³/mol. The van der Waals surface area contributed by atoms with Crippen LogP contribution in [-0.4, -0.2) is 21.8 Å². The van der Waals surface area contributed by atoms with E-state index in [1.807, 2.05) is 0 Å². The average molecular weight is 336 g/mol. The van der Waals surface area contributed by atoms with Crippen LogP contribution in [0.3, 0.4) is 0 Å². The Labute approximate surface area is 134 Å². The number of non-ortho nitro benzene ring substituents is 1. The molecule has 2 amide bonds. The number of hydrogen-bond donors (Lipinski definition) is 3. The molecule has 9 heteroatoms. The molecule has 23 heavy (non-hydrogen) atoms. The van der Waals surface area contributed by atoms with Crippen LogP contribution in [0.2, 0.25) is 5.02 Å². The number of benzene rings is 2. The average Bonchev–Trinajstić information content (AvgIpc) is 2.51. The van der Waals surface area contributed by atoms with Crippen molar-refractivity contribution in [3.63, 3.8) is 0 Å². The first kappa shape index (κ1) is 16.2. The van der Waals surface area contributed by atoms with Crippen LogP contribution in [0.1, 0.15) is 0 Å². The second-order valence-electron chi connectivity index (χ2n) is 4.38. The molecule has 0 fully saturated rings. The predicted octanol–water partition coefficient (Wildman–Crippen LogP) is 2.53. The molecule has 0 heterocycles. The first-order valence-electron chi connectivity index (χ1n) is 6.22. The van der Waals surface area contributed by atoms with Crippen LogP contribution in [0, 0.1) is 10.1 Å². The SMILES string of the molecule is O=C(Nc1cccc([N+](=O)[O-])c1)C(=O)Nc1cc(Cl)ccc1O. The number of nitrogens with one attached hydrogen (secondary N) is 2. The molecule has 0 radical (unpaired) electrons. The monoisotopic (exact) mass is 335 g/mol. The summed E-state index contributed by atoms with van der Waals surface area (Å²) in [6.45, 7) is 0. The second-order valence-corrected chi connectivity index (χ2v) is 4.81. The zero-order chi connectivity index (χ0) is 17.0. The molecule has 3 N–H and O–H groups in total. The van der Waals surface area contributed by atoms with Gasteiger partial charge in [0.25, 0.3) is 5.69 Å². The van der Waals surface area contributed by atoms with Gasteiger partial charge in [-0.05, 0) is 24.3 Å². The number of nitro benzene ring substituents is 1. The number of nitro groups is 1. The van der Waals surface area contributed by atoms with Gasteiger partial charge in [-0.2, -0.15) is 0 Å². The lowest BCUT2D eigenvalue weighted by molar-refractivity contribution is -0.384. The highest BCUT2D eigenvalue weighted by Crippen LogP contribution is 2.26. The Hall–Kier alpha value is -3.13. The molecule has 118 valence electrons. The molecule has 0 atom stereocenters. The van der Waals surface area contributed by atoms with Crippen molar-refractivity contribution in [2.45, 2.75) is 0 Å². The van der Waals surface area contributed by atoms with E-state index in [0.717, 1.165) is 6.07 Å². The standard InChI is InChI=1S/C14H10ClN3O5/c15-8-4-5-12(19)11(6-8)17-14(21)13(20)16-9-2-1-3-10(7-9)18(22)23/h1-7,19H,(H,16,20)(H,17,21). The molecule has 0 aliphatic carbocycles. The number of phenols is 1. The maximum Gasteiger partial charge on any atom is 0.314 e. The highest BCUT2D eigenvalue weighted by Gasteiger charge is 2.17. The molecule has 0 bridgehead atoms. The molecule has 0 unspecified atom stereocenters. The van der Waals surface area contributed by atoms with Crippen LogP contribution in [0.4, 0.5) is 17.1 Å². The number of phenolic OH excluding ortho intramolecular Hbond substituents is 1. The minimum absolute atomic E-state index is 0.0308. The number of halogens is 1. The van der Waals surface area contributed by atoms with Gasteiger partial charge in [-0.1, -0.05) is 17.7 Å². The normalized spacial score (nSPS) is 9.96. The number of amides is 2. The van der Waals surface area contributed by atoms with Crippen LogP contribution in [0.5, 0.6) is 5.75 Å². The molecule has 0 spiro atoms. The van der Waals surface area contributed by atoms with E-state index in [1.54, 1.807) is 0 Å². The number of anilines is 2. The Balaban J connectivity index is 2.08. The van der Waals surface area contributed by atoms with Gasteiger partial charge in [-0.25, -0.2) is 0 Å². The molecule has 0 aliphatic heterocycles. The first-order valence-corrected chi connectivity index (χ1v) is 6.60. The van der Waals surface area contributed by atoms with Crippen LogP contribution in [0.25, 0.3) is 0 Å². The summed E-state index contributed by atoms with van der Waals surface area (Å²) in [7, 11) is 0. The minimum atomic E-state index is -1.06. The van der Waals surface area contributed by atoms with Crippen LogP contribution < -0.4 is 10.6 Å². The van der Waals surface area contributed by atoms with Gasteiger partial charge >= 0.3 is 11.8 Å². The third-order valence-corrected chi connectivity index (χ3v) is 2.96. The van der Waals surface area contributed by atoms with Crippen LogP contribution in [-0.2, 0) is 9.59 Å². The van der Waals surface area contributed by atoms with Crippen molar-refractivity contribution in [3.05, 3.63) is 57.6 Å². The summed E-state index contributed by atoms with van der Waals surface area (Å²) in [6.07, 6.45) is 0. The van der Waals surface area contributed by atoms with Gasteiger partial charge in [-0.3, -0.25) is 19.7 Å². The van der Waals surface area contributed by atoms with Crippen molar-refractivity contribution in [1.82, 2.24) is 0 Å². The zero-order valence-corrected chi connectivity index (χ0v) is 12.2. The third kappa shape index (κ3) is 4.17. The van der Waals surface area contributed by atoms with Crippen molar-refractivity contribution in [2.24, 2.45) is 0 Å². The third-order valence-electron chi connectivity index (χ3n) is 2.73. The molecule has 0 aromatic heterocycles. The number of aromatic hydroxyl groups is 1. The van der Waals surface area contributed by atoms with Crippen molar-refractivity contribution in [1.29, 1.82) is 0 Å². The summed E-state index contributed by atoms with van der Waals surface area (Å²) >= 11 is 5.73. The largest absolute Gasteiger partial charge is 0.506 e. The lowest BCUT2D eigenvalue weighted by Gasteiger charge is -2.08. The fraction of sp³-hybridized carbons (Fsp3) is 0. The molecule has 8 nitrogen and oxygen atoms in total. The second kappa shape index (κ2) is 6.75. The van der Waals surface area contributed by atoms with E-state index in [4.69, 9.17) is 11.6 Å². The van der Waals surface area contributed by atoms with Gasteiger partial charge in [0.05, 0.1) is 10.6 Å². The van der Waals surface area contributed by atoms with E-state index in [2.05, 4.69) is 10.6 Å². The Bertz CT molecular complexity index is 794. The first-order chi connectivity index (χ1) is 10.9. The fourth-order valence-corrected chi connectivity index (χ4v) is 1.84. The van der Waals surface area contributed by atoms with E-state index < -0.39 is 16.7 Å². The molecule has 2 aromatic carbocycles. The Kier molecular flexibility index (Phi) is 4.77. The van der Waals surface area contributed by atoms with Gasteiger partial charge in [0.1, 0.15) is 5.75 Å². The smallest absolute Gasteiger partial charge is 0.314 e. The van der Waals surface area contributed by atoms with Gasteiger partial charge in [-0.15, -0.1) is 0 Å². The zero-order valence-electron chi connectivity index (χ0n) is 11.4. The number of hydrogen-bond acceptors (Lipinski definition) is 5. The minimum Gasteiger partial charge on any atom is -0.506 e. The van der Waals surface area contributed by atoms with E-state index in [9.17, 15) is 24.8 Å². The lowest BCUT2D eigenvalue weighted by atomic mass is 10.2. The van der Waals surface area contributed by atoms with Crippen molar-refractivity contribution >= 4 is 40.5 Å². The maximum absolute atomic E-state index is 11.8. The Morgan fingerprint density at radius 1 is 1.09 bits per heavy atom. The molecular formula is C14H10ClN3O5. The lowest BCUT2D eigenvalue weighted by Crippen LogP contribution is -2.29. The molecular weight excluding hydrogens is 326 g/mol. The van der Waals surface area contributed by atoms with E-state index in [1.165, 1.54) is 36.4 Å². The summed E-state index contributed by atoms with van der Waals surface area (Å²) < 4.78 is 0. The molecule has 2 rings (SSSR count). The van der Waals surface area contributed by atoms with Gasteiger partial charge in [0.15, 0.2) is 0 Å². The number of carbonyl (C=O) groups is 2. The van der Waals surface area contributed by atoms with Crippen LogP contribution in [0.15, 0.2) is 42.5 Å². The molecule has 0 aliphatic rings. The topological polar surface area (TPSA) is 122 Å². The number of rotatable bonds is 3. The highest BCUT2D eigenvalue weighted by atomic mass is 35.5. The molecule has 0 saturated heterocycles. The van der Waals surface area contributed by atoms with Crippen molar-refractivity contribution in [2.75, 3.05) is 10.6 Å². The quantitative estimate of drug-likeness (QED) is 0.344. The molecule has 0 saturated carbocycles. The van der Waals surface area contributed by atoms with E-state index in [0.29, 0.717) is 0 Å². The highest BCUT2D eigenvalue weighted by molar-refractivity contribution is 6.44. The van der Waals surface area contributed by atoms with Gasteiger partial charge < -0.3 is 15.7 Å². The van der Waals surface area contributed by atoms with Crippen LogP contribution >= 0.6 is 11.6 Å². The summed E-state index contributed by atoms with van der Waals surface area (Å²) in [5, 5.41) is 24.9. The van der Waals surface area contributed by atoms with Gasteiger partial charge in [0.2, 0.25) is 0 Å². The number of nitrogens with zero attached hydrogens (tertiary/aromatic N) is 1. The van der Waals surface area contributed by atoms with E-state index in [-0.39, 0.29) is 27.8 Å². The summed E-state index contributed by atoms with van der Waals surface area (Å²) in [5.41, 5.74) is -0.165. The number of carbonyl (C=O) groups excluding carboxylic acids is 2. The van der Waals surface area contributed by atoms with E-state index >= 15 is 0 Å². The maximum atomic E-state index is 11.8. The Morgan fingerprint density at radius 2 is 1.78 bits per heavy atom. The van der Waals surface area contributed by atoms with Crippen molar-refractivity contribution < 1.29 is 19.6 Å². The summed E-state index contributed by atoms with van der Waals surface area (Å²) in [4.78, 5) is 33.6. The molecule has 2 aromatic rings.